The zero-order valence-electron chi connectivity index (χ0n) is 36.0. The largest absolute Gasteiger partial charge is 0.508 e. The summed E-state index contributed by atoms with van der Waals surface area (Å²) in [5, 5.41) is 31.0. The highest BCUT2D eigenvalue weighted by atomic mass is 32.1. The molecule has 2 aliphatic heterocycles. The quantitative estimate of drug-likeness (QED) is 0.0855. The van der Waals surface area contributed by atoms with Crippen molar-refractivity contribution in [2.45, 2.75) is 65.3 Å². The van der Waals surface area contributed by atoms with Gasteiger partial charge in [-0.15, -0.1) is 32.9 Å². The Hall–Kier alpha value is -6.57. The van der Waals surface area contributed by atoms with Gasteiger partial charge in [-0.3, -0.25) is 14.4 Å². The third-order valence-corrected chi connectivity index (χ3v) is 15.0. The predicted molar refractivity (Wildman–Crippen MR) is 253 cm³/mol. The predicted octanol–water partition coefficient (Wildman–Crippen LogP) is 11.4. The Morgan fingerprint density at radius 3 is 2.36 bits per heavy atom. The highest BCUT2D eigenvalue weighted by molar-refractivity contribution is 7.22. The van der Waals surface area contributed by atoms with Crippen molar-refractivity contribution >= 4 is 49.9 Å². The number of anilines is 1. The van der Waals surface area contributed by atoms with Gasteiger partial charge in [0, 0.05) is 60.9 Å². The van der Waals surface area contributed by atoms with Crippen LogP contribution >= 0.6 is 22.7 Å². The van der Waals surface area contributed by atoms with Gasteiger partial charge in [-0.25, -0.2) is 4.98 Å². The number of aromatic hydroxyl groups is 2. The van der Waals surface area contributed by atoms with Gasteiger partial charge in [0.15, 0.2) is 17.5 Å². The van der Waals surface area contributed by atoms with E-state index >= 15 is 0 Å². The first-order valence-electron chi connectivity index (χ1n) is 21.8. The smallest absolute Gasteiger partial charge is 0.196 e. The molecule has 1 saturated heterocycles. The number of aryl methyl sites for hydroxylation is 2. The maximum atomic E-state index is 14.1. The molecule has 0 amide bonds. The van der Waals surface area contributed by atoms with E-state index in [-0.39, 0.29) is 23.3 Å². The minimum absolute atomic E-state index is 0.0604. The topological polar surface area (TPSA) is 139 Å². The Kier molecular flexibility index (Phi) is 11.4. The zero-order valence-corrected chi connectivity index (χ0v) is 37.6. The second-order valence-corrected chi connectivity index (χ2v) is 19.0. The van der Waals surface area contributed by atoms with Crippen molar-refractivity contribution in [2.75, 3.05) is 24.6 Å². The van der Waals surface area contributed by atoms with Crippen molar-refractivity contribution in [3.05, 3.63) is 154 Å². The lowest BCUT2D eigenvalue weighted by atomic mass is 9.91. The van der Waals surface area contributed by atoms with Crippen LogP contribution in [0, 0.1) is 26.7 Å². The first kappa shape index (κ1) is 41.4. The molecule has 2 aliphatic rings. The molecule has 4 aromatic carbocycles. The number of unbranched alkanes of at least 4 members (excludes halogenated alkanes) is 1. The number of carbonyl (C=O) groups is 1. The molecule has 8 aromatic rings. The number of hydrogen-bond donors (Lipinski definition) is 2. The molecule has 1 atom stereocenters. The molecule has 4 aromatic heterocycles. The van der Waals surface area contributed by atoms with E-state index in [1.54, 1.807) is 48.1 Å². The van der Waals surface area contributed by atoms with Gasteiger partial charge in [0.1, 0.15) is 40.4 Å². The molecule has 324 valence electrons. The zero-order chi connectivity index (χ0) is 43.9. The number of carbonyl (C=O) groups excluding carboxylic acids is 1. The van der Waals surface area contributed by atoms with Crippen LogP contribution in [0.5, 0.6) is 17.2 Å². The lowest BCUT2D eigenvalue weighted by molar-refractivity contribution is 0.104. The fourth-order valence-electron chi connectivity index (χ4n) is 9.05. The lowest BCUT2D eigenvalue weighted by Crippen LogP contribution is -2.33. The number of piperidine rings is 1. The molecule has 0 saturated carbocycles. The van der Waals surface area contributed by atoms with Gasteiger partial charge in [0.05, 0.1) is 24.9 Å². The molecule has 0 aliphatic carbocycles. The van der Waals surface area contributed by atoms with E-state index in [1.807, 2.05) is 37.3 Å². The summed E-state index contributed by atoms with van der Waals surface area (Å²) in [7, 11) is 0. The number of hydrogen-bond acceptors (Lipinski definition) is 12. The molecule has 10 rings (SSSR count). The van der Waals surface area contributed by atoms with E-state index < -0.39 is 0 Å². The van der Waals surface area contributed by atoms with E-state index in [0.29, 0.717) is 36.0 Å². The molecule has 11 nitrogen and oxygen atoms in total. The molecule has 0 spiro atoms. The number of aliphatic imine (C=N–C) groups is 1. The molecule has 13 heteroatoms. The van der Waals surface area contributed by atoms with Crippen LogP contribution in [0.1, 0.15) is 93.2 Å². The number of benzene rings is 4. The Morgan fingerprint density at radius 1 is 0.859 bits per heavy atom. The molecule has 6 heterocycles. The van der Waals surface area contributed by atoms with Gasteiger partial charge >= 0.3 is 0 Å². The van der Waals surface area contributed by atoms with Gasteiger partial charge < -0.3 is 24.3 Å². The fraction of sp³-hybridized carbons (Fsp3) is 0.275. The summed E-state index contributed by atoms with van der Waals surface area (Å²) in [5.41, 5.74) is 7.48. The standard InChI is InChI=1S/C51H48N6O5S2/c1-30-31(2)63-51-45(30)47(53-42(29-44-52-23-27-62-44)50-55-54-32(3)57(50)51)34-11-18-40(19-12-34)61-26-5-4-6-33-21-24-56(25-22-33)37-13-7-35(8-14-37)48(60)46-41-20-17-39(59)28-43(41)64-49(46)36-9-15-38(58)16-10-36/h7-20,23,27-28,33,42,58-59H,4-6,21-22,24-26,29H2,1-3H3/t42-/m0/s1. The average molecular weight is 889 g/mol. The number of ether oxygens (including phenoxy) is 1. The summed E-state index contributed by atoms with van der Waals surface area (Å²) in [6.45, 7) is 8.95. The average Bonchev–Trinajstić information content (AvgIpc) is 4.10. The van der Waals surface area contributed by atoms with Crippen LogP contribution in [0.25, 0.3) is 25.5 Å². The number of oxazole rings is 1. The maximum Gasteiger partial charge on any atom is 0.196 e. The summed E-state index contributed by atoms with van der Waals surface area (Å²) < 4.78 is 14.9. The first-order chi connectivity index (χ1) is 31.2. The van der Waals surface area contributed by atoms with Crippen molar-refractivity contribution in [3.63, 3.8) is 0 Å². The Morgan fingerprint density at radius 2 is 1.61 bits per heavy atom. The van der Waals surface area contributed by atoms with Crippen LogP contribution < -0.4 is 9.64 Å². The molecule has 0 unspecified atom stereocenters. The summed E-state index contributed by atoms with van der Waals surface area (Å²) >= 11 is 3.21. The molecular formula is C51H48N6O5S2. The lowest BCUT2D eigenvalue weighted by Gasteiger charge is -2.33. The van der Waals surface area contributed by atoms with Crippen LogP contribution in [0.2, 0.25) is 0 Å². The molecule has 64 heavy (non-hydrogen) atoms. The minimum atomic E-state index is -0.313. The van der Waals surface area contributed by atoms with Gasteiger partial charge in [-0.05, 0) is 154 Å². The van der Waals surface area contributed by atoms with Gasteiger partial charge in [-0.2, -0.15) is 0 Å². The van der Waals surface area contributed by atoms with Crippen molar-refractivity contribution in [1.82, 2.24) is 19.7 Å². The van der Waals surface area contributed by atoms with Crippen molar-refractivity contribution in [1.29, 1.82) is 0 Å². The van der Waals surface area contributed by atoms with Crippen molar-refractivity contribution in [2.24, 2.45) is 10.9 Å². The van der Waals surface area contributed by atoms with Crippen molar-refractivity contribution < 1.29 is 24.2 Å². The molecule has 0 bridgehead atoms. The molecular weight excluding hydrogens is 841 g/mol. The Bertz CT molecular complexity index is 2980. The third kappa shape index (κ3) is 8.10. The van der Waals surface area contributed by atoms with E-state index in [4.69, 9.17) is 14.1 Å². The number of aromatic nitrogens is 4. The third-order valence-electron chi connectivity index (χ3n) is 12.6. The Balaban J connectivity index is 0.728. The number of nitrogens with zero attached hydrogens (tertiary/aromatic N) is 6. The highest BCUT2D eigenvalue weighted by Gasteiger charge is 2.32. The van der Waals surface area contributed by atoms with Crippen LogP contribution in [0.15, 0.2) is 113 Å². The van der Waals surface area contributed by atoms with E-state index in [9.17, 15) is 15.0 Å². The summed E-state index contributed by atoms with van der Waals surface area (Å²) in [4.78, 5) is 28.3. The van der Waals surface area contributed by atoms with E-state index in [2.05, 4.69) is 74.9 Å². The van der Waals surface area contributed by atoms with Gasteiger partial charge in [-0.1, -0.05) is 6.42 Å². The van der Waals surface area contributed by atoms with Gasteiger partial charge in [0.2, 0.25) is 0 Å². The molecule has 0 radical (unpaired) electrons. The fourth-order valence-corrected chi connectivity index (χ4v) is 11.5. The second kappa shape index (κ2) is 17.5. The normalized spacial score (nSPS) is 15.2. The summed E-state index contributed by atoms with van der Waals surface area (Å²) in [5.74, 6) is 4.03. The number of rotatable bonds is 13. The number of phenolic OH excluding ortho intramolecular Hbond substituents is 2. The van der Waals surface area contributed by atoms with Crippen LogP contribution in [-0.2, 0) is 6.42 Å². The SMILES string of the molecule is Cc1sc2c(c1C)C(c1ccc(OCCCCC3CCN(c4ccc(C(=O)c5c(-c6ccc(O)cc6)sc6cc(O)ccc56)cc4)CC3)cc1)=N[C@@H](Cc1ncco1)c1nnc(C)n1-2. The van der Waals surface area contributed by atoms with Crippen molar-refractivity contribution in [3.8, 4) is 32.7 Å². The van der Waals surface area contributed by atoms with Crippen LogP contribution in [-0.4, -0.2) is 61.2 Å². The first-order valence-corrected chi connectivity index (χ1v) is 23.5. The Labute approximate surface area is 379 Å². The number of ketones is 1. The molecule has 2 N–H and O–H groups in total. The van der Waals surface area contributed by atoms with Crippen LogP contribution in [0.3, 0.4) is 0 Å². The van der Waals surface area contributed by atoms with Gasteiger partial charge in [0.25, 0.3) is 0 Å². The number of phenols is 2. The molecule has 1 fully saturated rings. The highest BCUT2D eigenvalue weighted by Crippen LogP contribution is 2.43. The minimum Gasteiger partial charge on any atom is -0.508 e. The monoisotopic (exact) mass is 888 g/mol. The van der Waals surface area contributed by atoms with E-state index in [0.717, 1.165) is 104 Å². The number of fused-ring (bicyclic) bond motifs is 4. The summed E-state index contributed by atoms with van der Waals surface area (Å²) in [6, 6.07) is 28.0. The number of thiophene rings is 2. The van der Waals surface area contributed by atoms with E-state index in [1.165, 1.54) is 28.2 Å². The summed E-state index contributed by atoms with van der Waals surface area (Å²) in [6.07, 6.45) is 9.30. The van der Waals surface area contributed by atoms with Crippen LogP contribution in [0.4, 0.5) is 5.69 Å². The maximum absolute atomic E-state index is 14.1. The second-order valence-electron chi connectivity index (χ2n) is 16.7.